The van der Waals surface area contributed by atoms with Crippen LogP contribution in [0.1, 0.15) is 31.9 Å². The van der Waals surface area contributed by atoms with Gasteiger partial charge < -0.3 is 9.47 Å². The molecule has 2 aliphatic heterocycles. The largest absolute Gasteiger partial charge is 2.00 e. The van der Waals surface area contributed by atoms with E-state index in [-0.39, 0.29) is 34.6 Å². The first-order chi connectivity index (χ1) is 17.4. The van der Waals surface area contributed by atoms with E-state index in [0.29, 0.717) is 13.2 Å². The van der Waals surface area contributed by atoms with Crippen molar-refractivity contribution in [2.45, 2.75) is 46.2 Å². The van der Waals surface area contributed by atoms with Crippen LogP contribution in [0.5, 0.6) is 0 Å². The minimum absolute atomic E-state index is 0. The van der Waals surface area contributed by atoms with Crippen molar-refractivity contribution in [2.75, 3.05) is 13.2 Å². The topological polar surface area (TPSA) is 228 Å². The second-order valence-electron chi connectivity index (χ2n) is 8.72. The van der Waals surface area contributed by atoms with Gasteiger partial charge in [0, 0.05) is 0 Å². The zero-order chi connectivity index (χ0) is 29.0. The average Bonchev–Trinajstić information content (AvgIpc) is 3.43. The number of aryl methyl sites for hydroxylation is 1. The number of halogens is 2. The summed E-state index contributed by atoms with van der Waals surface area (Å²) in [5.41, 5.74) is 2.23. The van der Waals surface area contributed by atoms with E-state index in [9.17, 15) is 0 Å². The number of benzene rings is 2. The summed E-state index contributed by atoms with van der Waals surface area (Å²) in [6.45, 7) is 9.55. The van der Waals surface area contributed by atoms with Crippen LogP contribution < -0.4 is 37.3 Å². The fourth-order valence-corrected chi connectivity index (χ4v) is 3.19. The first-order valence-corrected chi connectivity index (χ1v) is 13.6. The summed E-state index contributed by atoms with van der Waals surface area (Å²) in [7, 11) is -9.89. The Kier molecular flexibility index (Phi) is 16.3. The number of rotatable bonds is 4. The van der Waals surface area contributed by atoms with Crippen LogP contribution in [0.25, 0.3) is 0 Å². The van der Waals surface area contributed by atoms with Gasteiger partial charge in [0.2, 0.25) is 0 Å². The molecule has 2 heterocycles. The Morgan fingerprint density at radius 3 is 1.54 bits per heavy atom. The summed E-state index contributed by atoms with van der Waals surface area (Å²) in [5.74, 6) is 1.49. The van der Waals surface area contributed by atoms with Crippen molar-refractivity contribution in [3.05, 3.63) is 71.8 Å². The molecule has 2 aromatic carbocycles. The molecule has 2 atom stereocenters. The Morgan fingerprint density at radius 2 is 1.15 bits per heavy atom. The fraction of sp³-hybridized carbons (Fsp3) is 0.417. The Hall–Kier alpha value is -1.84. The first-order valence-electron chi connectivity index (χ1n) is 11.2. The Bertz CT molecular complexity index is 993. The van der Waals surface area contributed by atoms with Gasteiger partial charge in [0.05, 0.1) is 12.1 Å². The van der Waals surface area contributed by atoms with E-state index >= 15 is 0 Å². The third-order valence-corrected chi connectivity index (χ3v) is 4.84. The summed E-state index contributed by atoms with van der Waals surface area (Å²) in [4.78, 5) is 9.31. The molecule has 0 fully saturated rings. The van der Waals surface area contributed by atoms with E-state index in [4.69, 9.17) is 51.7 Å². The summed E-state index contributed by atoms with van der Waals surface area (Å²) >= 11 is 0. The third kappa shape index (κ3) is 18.2. The van der Waals surface area contributed by atoms with Crippen molar-refractivity contribution in [2.24, 2.45) is 15.4 Å². The van der Waals surface area contributed by atoms with Gasteiger partial charge in [-0.15, -0.1) is 20.5 Å². The van der Waals surface area contributed by atoms with Crippen LogP contribution in [0.2, 0.25) is 0 Å². The molecule has 0 N–H and O–H groups in total. The molecule has 0 spiro atoms. The molecule has 15 heteroatoms. The van der Waals surface area contributed by atoms with E-state index in [1.165, 1.54) is 11.1 Å². The van der Waals surface area contributed by atoms with Crippen molar-refractivity contribution in [1.82, 2.24) is 0 Å². The molecule has 1 radical (unpaired) electrons. The molecule has 0 amide bonds. The van der Waals surface area contributed by atoms with Crippen molar-refractivity contribution >= 4 is 11.8 Å². The van der Waals surface area contributed by atoms with Gasteiger partial charge in [-0.05, 0) is 39.7 Å². The molecule has 0 aromatic heterocycles. The maximum Gasteiger partial charge on any atom is 2.00 e. The fourth-order valence-electron chi connectivity index (χ4n) is 3.19. The maximum absolute atomic E-state index is 8.49. The molecule has 12 nitrogen and oxygen atoms in total. The Balaban J connectivity index is 0.000000658. The van der Waals surface area contributed by atoms with Crippen LogP contribution in [0, 0.1) is 32.8 Å². The summed E-state index contributed by atoms with van der Waals surface area (Å²) in [6.07, 6.45) is 0.907. The minimum Gasteiger partial charge on any atom is -0.478 e. The maximum atomic E-state index is 8.49. The van der Waals surface area contributed by atoms with Crippen molar-refractivity contribution in [3.63, 3.8) is 0 Å². The number of hydrogen-bond donors (Lipinski definition) is 0. The third-order valence-electron chi connectivity index (χ3n) is 4.84. The first kappa shape index (κ1) is 37.2. The minimum atomic E-state index is -4.94. The van der Waals surface area contributed by atoms with E-state index in [2.05, 4.69) is 69.1 Å². The van der Waals surface area contributed by atoms with Crippen LogP contribution in [-0.4, -0.2) is 37.1 Å². The molecule has 2 aromatic rings. The van der Waals surface area contributed by atoms with Gasteiger partial charge in [0.1, 0.15) is 18.6 Å². The van der Waals surface area contributed by atoms with Gasteiger partial charge in [0.15, 0.2) is 11.8 Å². The predicted octanol–water partition coefficient (Wildman–Crippen LogP) is -4.65. The SMILES string of the molecule is C[C@H]1COC(C(C)(C)C2=N[C@@H](Cc3ccccc3)CO2)=N1.Cc1ccccc1.[Cu+2].[O-][Cl+3]([O-])([O-])[O-].[O-][Cl+3]([O-])([O-])[O-]. The van der Waals surface area contributed by atoms with Gasteiger partial charge in [0.25, 0.3) is 0 Å². The molecule has 0 aliphatic carbocycles. The average molecular weight is 641 g/mol. The number of aliphatic imine (C=N–C) groups is 2. The molecule has 0 unspecified atom stereocenters. The molecule has 0 bridgehead atoms. The molecule has 0 saturated heterocycles. The molecule has 2 aliphatic rings. The number of ether oxygens (including phenoxy) is 2. The molecular weight excluding hydrogens is 611 g/mol. The second kappa shape index (κ2) is 17.1. The molecule has 221 valence electrons. The van der Waals surface area contributed by atoms with Crippen molar-refractivity contribution in [1.29, 1.82) is 0 Å². The van der Waals surface area contributed by atoms with Crippen LogP contribution in [-0.2, 0) is 33.0 Å². The van der Waals surface area contributed by atoms with E-state index in [1.807, 2.05) is 24.3 Å². The number of nitrogens with zero attached hydrogens (tertiary/aromatic N) is 2. The van der Waals surface area contributed by atoms with Crippen LogP contribution >= 0.6 is 0 Å². The second-order valence-corrected chi connectivity index (χ2v) is 10.2. The monoisotopic (exact) mass is 639 g/mol. The van der Waals surface area contributed by atoms with Gasteiger partial charge >= 0.3 is 17.1 Å². The van der Waals surface area contributed by atoms with Gasteiger partial charge in [-0.3, -0.25) is 0 Å². The van der Waals surface area contributed by atoms with E-state index < -0.39 is 20.5 Å². The smallest absolute Gasteiger partial charge is 0.478 e. The number of hydrogen-bond acceptors (Lipinski definition) is 12. The summed E-state index contributed by atoms with van der Waals surface area (Å²) in [6, 6.07) is 21.1. The van der Waals surface area contributed by atoms with E-state index in [1.54, 1.807) is 0 Å². The van der Waals surface area contributed by atoms with Crippen LogP contribution in [0.4, 0.5) is 0 Å². The standard InChI is InChI=1S/C17H22N2O2.C7H8.2ClHO4.Cu/c1-12-10-20-15(18-12)17(2,3)16-19-14(11-21-16)9-13-7-5-4-6-8-13;1-7-5-3-2-4-6-7;2*2-1(3,4)5;/h4-8,12,14H,9-11H2,1-3H3;2-6H,1H3;2*(H,2,3,4,5);/q;;;;+2/p-2/t12-,14-;;;;/m0..../s1. The Morgan fingerprint density at radius 1 is 0.744 bits per heavy atom. The summed E-state index contributed by atoms with van der Waals surface area (Å²) < 4.78 is 79.5. The van der Waals surface area contributed by atoms with Crippen LogP contribution in [0.15, 0.2) is 70.6 Å². The molecule has 4 rings (SSSR count). The molecule has 0 saturated carbocycles. The van der Waals surface area contributed by atoms with E-state index in [0.717, 1.165) is 18.2 Å². The summed E-state index contributed by atoms with van der Waals surface area (Å²) in [5, 5.41) is 0. The van der Waals surface area contributed by atoms with Crippen molar-refractivity contribution < 1.29 is 84.3 Å². The quantitative estimate of drug-likeness (QED) is 0.290. The zero-order valence-electron chi connectivity index (χ0n) is 21.6. The molecule has 39 heavy (non-hydrogen) atoms. The zero-order valence-corrected chi connectivity index (χ0v) is 24.0. The Labute approximate surface area is 242 Å². The predicted molar refractivity (Wildman–Crippen MR) is 115 cm³/mol. The van der Waals surface area contributed by atoms with Gasteiger partial charge in [-0.1, -0.05) is 66.2 Å². The van der Waals surface area contributed by atoms with Crippen LogP contribution in [0.3, 0.4) is 0 Å². The van der Waals surface area contributed by atoms with Gasteiger partial charge in [-0.25, -0.2) is 47.3 Å². The van der Waals surface area contributed by atoms with Crippen molar-refractivity contribution in [3.8, 4) is 0 Å². The molecular formula is C24H30Cl2CuN2O10. The van der Waals surface area contributed by atoms with Gasteiger partial charge in [-0.2, -0.15) is 0 Å². The normalized spacial score (nSPS) is 18.2.